The summed E-state index contributed by atoms with van der Waals surface area (Å²) in [4.78, 5) is 5.80. The van der Waals surface area contributed by atoms with Gasteiger partial charge in [0, 0.05) is 19.6 Å². The van der Waals surface area contributed by atoms with Gasteiger partial charge in [-0.25, -0.2) is 4.98 Å². The van der Waals surface area contributed by atoms with Crippen LogP contribution < -0.4 is 4.74 Å². The van der Waals surface area contributed by atoms with Crippen LogP contribution in [0.1, 0.15) is 0 Å². The van der Waals surface area contributed by atoms with Gasteiger partial charge in [-0.3, -0.25) is 4.90 Å². The Morgan fingerprint density at radius 2 is 2.19 bits per heavy atom. The molecule has 0 spiro atoms. The Bertz CT molecular complexity index is 312. The Kier molecular flexibility index (Phi) is 4.07. The summed E-state index contributed by atoms with van der Waals surface area (Å²) in [5.74, 6) is 0.121. The van der Waals surface area contributed by atoms with Gasteiger partial charge in [-0.15, -0.1) is 0 Å². The van der Waals surface area contributed by atoms with Gasteiger partial charge >= 0.3 is 0 Å². The molecule has 0 saturated carbocycles. The fourth-order valence-corrected chi connectivity index (χ4v) is 1.56. The predicted octanol–water partition coefficient (Wildman–Crippen LogP) is 0.932. The summed E-state index contributed by atoms with van der Waals surface area (Å²) in [5.41, 5.74) is 0. The van der Waals surface area contributed by atoms with Crippen LogP contribution in [0, 0.1) is 5.95 Å². The summed E-state index contributed by atoms with van der Waals surface area (Å²) < 4.78 is 23.2. The molecule has 0 unspecified atom stereocenters. The summed E-state index contributed by atoms with van der Waals surface area (Å²) >= 11 is 0. The Morgan fingerprint density at radius 3 is 2.88 bits per heavy atom. The molecule has 1 fully saturated rings. The maximum atomic E-state index is 12.5. The molecule has 1 aromatic heterocycles. The van der Waals surface area contributed by atoms with Gasteiger partial charge in [0.1, 0.15) is 12.4 Å². The van der Waals surface area contributed by atoms with Gasteiger partial charge in [-0.1, -0.05) is 0 Å². The molecular formula is C11H15FN2O2. The number of rotatable bonds is 4. The highest BCUT2D eigenvalue weighted by Crippen LogP contribution is 2.08. The molecule has 88 valence electrons. The van der Waals surface area contributed by atoms with Crippen molar-refractivity contribution in [1.82, 2.24) is 9.88 Å². The average Bonchev–Trinajstić information content (AvgIpc) is 2.33. The SMILES string of the molecule is Fc1ccc(OCCN2CCOCC2)cn1. The molecule has 1 saturated heterocycles. The molecule has 0 N–H and O–H groups in total. The standard InChI is InChI=1S/C11H15FN2O2/c12-11-2-1-10(9-13-11)16-8-5-14-3-6-15-7-4-14/h1-2,9H,3-8H2. The summed E-state index contributed by atoms with van der Waals surface area (Å²) in [7, 11) is 0. The minimum absolute atomic E-state index is 0.486. The lowest BCUT2D eigenvalue weighted by Crippen LogP contribution is -2.38. The minimum Gasteiger partial charge on any atom is -0.491 e. The number of nitrogens with zero attached hydrogens (tertiary/aromatic N) is 2. The number of morpholine rings is 1. The van der Waals surface area contributed by atoms with E-state index in [1.54, 1.807) is 6.07 Å². The first-order valence-corrected chi connectivity index (χ1v) is 5.39. The van der Waals surface area contributed by atoms with Crippen molar-refractivity contribution in [3.63, 3.8) is 0 Å². The third-order valence-electron chi connectivity index (χ3n) is 2.48. The van der Waals surface area contributed by atoms with Crippen LogP contribution in [-0.4, -0.2) is 49.3 Å². The third-order valence-corrected chi connectivity index (χ3v) is 2.48. The van der Waals surface area contributed by atoms with Crippen molar-refractivity contribution >= 4 is 0 Å². The summed E-state index contributed by atoms with van der Waals surface area (Å²) in [5, 5.41) is 0. The van der Waals surface area contributed by atoms with Gasteiger partial charge in [0.15, 0.2) is 0 Å². The molecule has 4 nitrogen and oxygen atoms in total. The van der Waals surface area contributed by atoms with E-state index in [2.05, 4.69) is 9.88 Å². The molecule has 0 amide bonds. The molecule has 0 atom stereocenters. The smallest absolute Gasteiger partial charge is 0.213 e. The second kappa shape index (κ2) is 5.77. The number of ether oxygens (including phenoxy) is 2. The Balaban J connectivity index is 1.69. The number of aromatic nitrogens is 1. The first kappa shape index (κ1) is 11.3. The molecule has 5 heteroatoms. The topological polar surface area (TPSA) is 34.6 Å². The van der Waals surface area contributed by atoms with Crippen LogP contribution in [-0.2, 0) is 4.74 Å². The zero-order chi connectivity index (χ0) is 11.2. The molecule has 2 heterocycles. The van der Waals surface area contributed by atoms with Crippen LogP contribution in [0.2, 0.25) is 0 Å². The summed E-state index contributed by atoms with van der Waals surface area (Å²) in [6.45, 7) is 4.93. The zero-order valence-electron chi connectivity index (χ0n) is 9.06. The molecule has 1 aliphatic heterocycles. The summed E-state index contributed by atoms with van der Waals surface area (Å²) in [6, 6.07) is 2.88. The lowest BCUT2D eigenvalue weighted by molar-refractivity contribution is 0.0322. The van der Waals surface area contributed by atoms with E-state index in [0.29, 0.717) is 12.4 Å². The zero-order valence-corrected chi connectivity index (χ0v) is 9.06. The monoisotopic (exact) mass is 226 g/mol. The van der Waals surface area contributed by atoms with Crippen LogP contribution in [0.4, 0.5) is 4.39 Å². The van der Waals surface area contributed by atoms with E-state index < -0.39 is 5.95 Å². The minimum atomic E-state index is -0.486. The second-order valence-corrected chi connectivity index (χ2v) is 3.62. The Labute approximate surface area is 94.0 Å². The van der Waals surface area contributed by atoms with E-state index in [0.717, 1.165) is 32.8 Å². The fraction of sp³-hybridized carbons (Fsp3) is 0.545. The van der Waals surface area contributed by atoms with Crippen molar-refractivity contribution in [1.29, 1.82) is 0 Å². The van der Waals surface area contributed by atoms with Crippen molar-refractivity contribution in [2.45, 2.75) is 0 Å². The van der Waals surface area contributed by atoms with Crippen molar-refractivity contribution in [2.75, 3.05) is 39.5 Å². The normalized spacial score (nSPS) is 17.3. The number of hydrogen-bond donors (Lipinski definition) is 0. The van der Waals surface area contributed by atoms with E-state index in [1.165, 1.54) is 12.3 Å². The third kappa shape index (κ3) is 3.43. The highest BCUT2D eigenvalue weighted by atomic mass is 19.1. The van der Waals surface area contributed by atoms with E-state index >= 15 is 0 Å². The van der Waals surface area contributed by atoms with Gasteiger partial charge in [0.05, 0.1) is 19.4 Å². The molecule has 0 radical (unpaired) electrons. The molecule has 0 bridgehead atoms. The first-order chi connectivity index (χ1) is 7.84. The van der Waals surface area contributed by atoms with Gasteiger partial charge in [-0.05, 0) is 12.1 Å². The van der Waals surface area contributed by atoms with E-state index in [4.69, 9.17) is 9.47 Å². The number of hydrogen-bond acceptors (Lipinski definition) is 4. The largest absolute Gasteiger partial charge is 0.491 e. The molecule has 2 rings (SSSR count). The van der Waals surface area contributed by atoms with E-state index in [-0.39, 0.29) is 0 Å². The molecule has 0 aromatic carbocycles. The van der Waals surface area contributed by atoms with Gasteiger partial charge in [0.2, 0.25) is 5.95 Å². The maximum Gasteiger partial charge on any atom is 0.213 e. The van der Waals surface area contributed by atoms with Gasteiger partial charge < -0.3 is 9.47 Å². The van der Waals surface area contributed by atoms with Crippen LogP contribution in [0.25, 0.3) is 0 Å². The lowest BCUT2D eigenvalue weighted by Gasteiger charge is -2.26. The predicted molar refractivity (Wildman–Crippen MR) is 56.9 cm³/mol. The van der Waals surface area contributed by atoms with Gasteiger partial charge in [0.25, 0.3) is 0 Å². The van der Waals surface area contributed by atoms with Crippen molar-refractivity contribution in [2.24, 2.45) is 0 Å². The van der Waals surface area contributed by atoms with Crippen molar-refractivity contribution in [3.05, 3.63) is 24.3 Å². The van der Waals surface area contributed by atoms with Crippen molar-refractivity contribution in [3.8, 4) is 5.75 Å². The summed E-state index contributed by atoms with van der Waals surface area (Å²) in [6.07, 6.45) is 1.40. The Morgan fingerprint density at radius 1 is 1.38 bits per heavy atom. The molecular weight excluding hydrogens is 211 g/mol. The van der Waals surface area contributed by atoms with Crippen LogP contribution >= 0.6 is 0 Å². The lowest BCUT2D eigenvalue weighted by atomic mass is 10.4. The highest BCUT2D eigenvalue weighted by Gasteiger charge is 2.09. The Hall–Kier alpha value is -1.20. The maximum absolute atomic E-state index is 12.5. The first-order valence-electron chi connectivity index (χ1n) is 5.39. The number of halogens is 1. The molecule has 16 heavy (non-hydrogen) atoms. The van der Waals surface area contributed by atoms with E-state index in [1.807, 2.05) is 0 Å². The molecule has 1 aliphatic rings. The average molecular weight is 226 g/mol. The quantitative estimate of drug-likeness (QED) is 0.715. The molecule has 1 aromatic rings. The van der Waals surface area contributed by atoms with Crippen LogP contribution in [0.15, 0.2) is 18.3 Å². The van der Waals surface area contributed by atoms with Crippen LogP contribution in [0.3, 0.4) is 0 Å². The second-order valence-electron chi connectivity index (χ2n) is 3.62. The van der Waals surface area contributed by atoms with Gasteiger partial charge in [-0.2, -0.15) is 4.39 Å². The van der Waals surface area contributed by atoms with E-state index in [9.17, 15) is 4.39 Å². The van der Waals surface area contributed by atoms with Crippen LogP contribution in [0.5, 0.6) is 5.75 Å². The number of pyridine rings is 1. The molecule has 0 aliphatic carbocycles. The fourth-order valence-electron chi connectivity index (χ4n) is 1.56. The highest BCUT2D eigenvalue weighted by molar-refractivity contribution is 5.15. The van der Waals surface area contributed by atoms with Crippen molar-refractivity contribution < 1.29 is 13.9 Å².